The Balaban J connectivity index is 1.76. The number of rotatable bonds is 6. The van der Waals surface area contributed by atoms with Crippen LogP contribution in [0.4, 0.5) is 5.88 Å². The third kappa shape index (κ3) is 3.43. The van der Waals surface area contributed by atoms with Crippen LogP contribution in [0.2, 0.25) is 0 Å². The number of hydrogen-bond acceptors (Lipinski definition) is 5. The van der Waals surface area contributed by atoms with Gasteiger partial charge >= 0.3 is 0 Å². The molecule has 0 saturated heterocycles. The van der Waals surface area contributed by atoms with Gasteiger partial charge in [0.1, 0.15) is 6.07 Å². The number of aromatic nitrogens is 1. The third-order valence-corrected chi connectivity index (χ3v) is 4.60. The first kappa shape index (κ1) is 15.3. The average Bonchev–Trinajstić information content (AvgIpc) is 3.25. The van der Waals surface area contributed by atoms with Crippen molar-refractivity contribution in [1.29, 1.82) is 5.26 Å². The van der Waals surface area contributed by atoms with E-state index in [0.717, 1.165) is 11.3 Å². The molecule has 0 aliphatic carbocycles. The number of thiophene rings is 1. The summed E-state index contributed by atoms with van der Waals surface area (Å²) in [4.78, 5) is 5.19. The molecule has 0 aliphatic rings. The standard InChI is InChI=1S/C18H17N3OS/c1-2-13(14-7-4-3-5-8-14)12-20-17-15(11-19)21-18(22-17)16-9-6-10-23-16/h3-10,13,20H,2,12H2,1H3/t13-/m1/s1. The maximum Gasteiger partial charge on any atom is 0.240 e. The van der Waals surface area contributed by atoms with Crippen LogP contribution >= 0.6 is 11.3 Å². The zero-order valence-electron chi connectivity index (χ0n) is 12.8. The predicted molar refractivity (Wildman–Crippen MR) is 92.5 cm³/mol. The molecule has 0 amide bonds. The lowest BCUT2D eigenvalue weighted by Crippen LogP contribution is -2.12. The van der Waals surface area contributed by atoms with Gasteiger partial charge in [-0.15, -0.1) is 11.3 Å². The lowest BCUT2D eigenvalue weighted by molar-refractivity contribution is 0.578. The molecule has 4 nitrogen and oxygen atoms in total. The van der Waals surface area contributed by atoms with E-state index in [1.165, 1.54) is 5.56 Å². The highest BCUT2D eigenvalue weighted by molar-refractivity contribution is 7.13. The van der Waals surface area contributed by atoms with Gasteiger partial charge in [0.2, 0.25) is 17.5 Å². The second-order valence-electron chi connectivity index (χ2n) is 5.18. The first-order chi connectivity index (χ1) is 11.3. The van der Waals surface area contributed by atoms with Gasteiger partial charge in [-0.3, -0.25) is 0 Å². The molecule has 2 aromatic heterocycles. The van der Waals surface area contributed by atoms with Crippen molar-refractivity contribution < 1.29 is 4.42 Å². The van der Waals surface area contributed by atoms with Crippen molar-refractivity contribution in [3.05, 3.63) is 59.1 Å². The highest BCUT2D eigenvalue weighted by Gasteiger charge is 2.16. The molecular formula is C18H17N3OS. The van der Waals surface area contributed by atoms with Gasteiger partial charge in [0.25, 0.3) is 0 Å². The molecule has 116 valence electrons. The van der Waals surface area contributed by atoms with Crippen LogP contribution in [0.15, 0.2) is 52.3 Å². The Hall–Kier alpha value is -2.58. The minimum atomic E-state index is 0.302. The minimum absolute atomic E-state index is 0.302. The van der Waals surface area contributed by atoms with E-state index in [1.54, 1.807) is 11.3 Å². The molecule has 1 aromatic carbocycles. The van der Waals surface area contributed by atoms with Crippen molar-refractivity contribution >= 4 is 17.2 Å². The second kappa shape index (κ2) is 7.12. The van der Waals surface area contributed by atoms with Gasteiger partial charge in [0.05, 0.1) is 4.88 Å². The fraction of sp³-hybridized carbons (Fsp3) is 0.222. The molecular weight excluding hydrogens is 306 g/mol. The van der Waals surface area contributed by atoms with Gasteiger partial charge in [-0.1, -0.05) is 43.3 Å². The molecule has 1 atom stereocenters. The summed E-state index contributed by atoms with van der Waals surface area (Å²) in [5, 5.41) is 14.5. The smallest absolute Gasteiger partial charge is 0.240 e. The predicted octanol–water partition coefficient (Wildman–Crippen LogP) is 4.88. The van der Waals surface area contributed by atoms with E-state index >= 15 is 0 Å². The highest BCUT2D eigenvalue weighted by Crippen LogP contribution is 2.29. The number of anilines is 1. The van der Waals surface area contributed by atoms with Gasteiger partial charge in [-0.2, -0.15) is 10.2 Å². The summed E-state index contributed by atoms with van der Waals surface area (Å²) in [6, 6.07) is 16.3. The number of benzene rings is 1. The summed E-state index contributed by atoms with van der Waals surface area (Å²) >= 11 is 1.54. The summed E-state index contributed by atoms with van der Waals surface area (Å²) in [6.45, 7) is 2.86. The zero-order chi connectivity index (χ0) is 16.1. The van der Waals surface area contributed by atoms with Crippen molar-refractivity contribution in [2.45, 2.75) is 19.3 Å². The monoisotopic (exact) mass is 323 g/mol. The first-order valence-electron chi connectivity index (χ1n) is 7.55. The van der Waals surface area contributed by atoms with Crippen LogP contribution in [-0.2, 0) is 0 Å². The van der Waals surface area contributed by atoms with E-state index in [9.17, 15) is 5.26 Å². The average molecular weight is 323 g/mol. The number of nitriles is 1. The number of oxazole rings is 1. The SMILES string of the molecule is CC[C@H](CNc1oc(-c2cccs2)nc1C#N)c1ccccc1. The summed E-state index contributed by atoms with van der Waals surface area (Å²) in [5.41, 5.74) is 1.58. The van der Waals surface area contributed by atoms with Crippen LogP contribution < -0.4 is 5.32 Å². The third-order valence-electron chi connectivity index (χ3n) is 3.74. The van der Waals surface area contributed by atoms with Crippen molar-refractivity contribution in [3.8, 4) is 16.8 Å². The first-order valence-corrected chi connectivity index (χ1v) is 8.43. The Labute approximate surface area is 139 Å². The molecule has 23 heavy (non-hydrogen) atoms. The van der Waals surface area contributed by atoms with E-state index in [2.05, 4.69) is 35.4 Å². The summed E-state index contributed by atoms with van der Waals surface area (Å²) in [7, 11) is 0. The van der Waals surface area contributed by atoms with E-state index in [0.29, 0.717) is 29.9 Å². The zero-order valence-corrected chi connectivity index (χ0v) is 13.6. The van der Waals surface area contributed by atoms with Crippen LogP contribution in [0.3, 0.4) is 0 Å². The van der Waals surface area contributed by atoms with Crippen LogP contribution in [-0.4, -0.2) is 11.5 Å². The Morgan fingerprint density at radius 1 is 1.26 bits per heavy atom. The summed E-state index contributed by atoms with van der Waals surface area (Å²) < 4.78 is 5.75. The van der Waals surface area contributed by atoms with Gasteiger partial charge in [0, 0.05) is 12.5 Å². The topological polar surface area (TPSA) is 61.9 Å². The molecule has 0 unspecified atom stereocenters. The van der Waals surface area contributed by atoms with Crippen molar-refractivity contribution in [1.82, 2.24) is 4.98 Å². The maximum atomic E-state index is 9.26. The Kier molecular flexibility index (Phi) is 4.74. The summed E-state index contributed by atoms with van der Waals surface area (Å²) in [6.07, 6.45) is 1.00. The molecule has 1 N–H and O–H groups in total. The molecule has 2 heterocycles. The Bertz CT molecular complexity index is 788. The van der Waals surface area contributed by atoms with Crippen molar-refractivity contribution in [3.63, 3.8) is 0 Å². The minimum Gasteiger partial charge on any atom is -0.418 e. The van der Waals surface area contributed by atoms with E-state index in [-0.39, 0.29) is 0 Å². The Morgan fingerprint density at radius 3 is 2.74 bits per heavy atom. The van der Waals surface area contributed by atoms with Gasteiger partial charge < -0.3 is 9.73 Å². The van der Waals surface area contributed by atoms with E-state index in [4.69, 9.17) is 4.42 Å². The fourth-order valence-electron chi connectivity index (χ4n) is 2.46. The molecule has 3 aromatic rings. The van der Waals surface area contributed by atoms with Crippen LogP contribution in [0.25, 0.3) is 10.8 Å². The normalized spacial score (nSPS) is 11.8. The Morgan fingerprint density at radius 2 is 2.09 bits per heavy atom. The highest BCUT2D eigenvalue weighted by atomic mass is 32.1. The quantitative estimate of drug-likeness (QED) is 0.702. The van der Waals surface area contributed by atoms with Crippen LogP contribution in [0.5, 0.6) is 0 Å². The van der Waals surface area contributed by atoms with Gasteiger partial charge in [-0.25, -0.2) is 0 Å². The van der Waals surface area contributed by atoms with Crippen LogP contribution in [0.1, 0.15) is 30.5 Å². The molecule has 0 aliphatic heterocycles. The lowest BCUT2D eigenvalue weighted by atomic mass is 9.96. The molecule has 0 bridgehead atoms. The second-order valence-corrected chi connectivity index (χ2v) is 6.13. The number of nitrogens with zero attached hydrogens (tertiary/aromatic N) is 2. The molecule has 0 fully saturated rings. The lowest BCUT2D eigenvalue weighted by Gasteiger charge is -2.15. The molecule has 0 radical (unpaired) electrons. The number of nitrogens with one attached hydrogen (secondary N) is 1. The fourth-order valence-corrected chi connectivity index (χ4v) is 3.11. The largest absolute Gasteiger partial charge is 0.418 e. The van der Waals surface area contributed by atoms with Gasteiger partial charge in [0.15, 0.2) is 0 Å². The van der Waals surface area contributed by atoms with E-state index in [1.807, 2.05) is 35.7 Å². The van der Waals surface area contributed by atoms with Crippen molar-refractivity contribution in [2.75, 3.05) is 11.9 Å². The van der Waals surface area contributed by atoms with Crippen LogP contribution in [0, 0.1) is 11.3 Å². The number of hydrogen-bond donors (Lipinski definition) is 1. The molecule has 5 heteroatoms. The molecule has 0 saturated carbocycles. The van der Waals surface area contributed by atoms with Gasteiger partial charge in [-0.05, 0) is 23.4 Å². The maximum absolute atomic E-state index is 9.26. The summed E-state index contributed by atoms with van der Waals surface area (Å²) in [5.74, 6) is 1.30. The van der Waals surface area contributed by atoms with E-state index < -0.39 is 0 Å². The molecule has 0 spiro atoms. The van der Waals surface area contributed by atoms with Crippen molar-refractivity contribution in [2.24, 2.45) is 0 Å². The molecule has 3 rings (SSSR count).